The highest BCUT2D eigenvalue weighted by molar-refractivity contribution is 7.13. The van der Waals surface area contributed by atoms with E-state index in [1.807, 2.05) is 48.7 Å². The molecule has 0 atom stereocenters. The van der Waals surface area contributed by atoms with Gasteiger partial charge in [0, 0.05) is 33.6 Å². The molecule has 5 rings (SSSR count). The summed E-state index contributed by atoms with van der Waals surface area (Å²) in [6, 6.07) is 15.4. The largest absolute Gasteiger partial charge is 0.294 e. The molecule has 0 amide bonds. The summed E-state index contributed by atoms with van der Waals surface area (Å²) in [4.78, 5) is 32.3. The van der Waals surface area contributed by atoms with Crippen LogP contribution in [0, 0.1) is 12.3 Å². The van der Waals surface area contributed by atoms with Crippen LogP contribution in [0.15, 0.2) is 58.7 Å². The van der Waals surface area contributed by atoms with Crippen LogP contribution < -0.4 is 5.56 Å². The number of carbonyl (C=O) groups excluding carboxylic acids is 1. The summed E-state index contributed by atoms with van der Waals surface area (Å²) in [6.45, 7) is 8.30. The zero-order valence-electron chi connectivity index (χ0n) is 20.3. The van der Waals surface area contributed by atoms with Crippen molar-refractivity contribution < 1.29 is 4.79 Å². The van der Waals surface area contributed by atoms with Gasteiger partial charge in [-0.05, 0) is 54.5 Å². The SMILES string of the molecule is CCc1cccc(C)c1-n1c2c(cc(-c3nc(-c4ccc(Cl)cc4)cs3)c1=O)C(=O)CC(C)(C)C2. The van der Waals surface area contributed by atoms with Crippen molar-refractivity contribution in [2.24, 2.45) is 5.41 Å². The van der Waals surface area contributed by atoms with Gasteiger partial charge in [0.15, 0.2) is 5.78 Å². The molecule has 0 saturated heterocycles. The quantitative estimate of drug-likeness (QED) is 0.294. The number of aromatic nitrogens is 2. The molecule has 1 aliphatic carbocycles. The number of carbonyl (C=O) groups is 1. The molecule has 1 aliphatic rings. The van der Waals surface area contributed by atoms with E-state index in [1.54, 1.807) is 10.6 Å². The van der Waals surface area contributed by atoms with Crippen molar-refractivity contribution >= 4 is 28.7 Å². The van der Waals surface area contributed by atoms with Crippen LogP contribution in [-0.4, -0.2) is 15.3 Å². The molecule has 0 radical (unpaired) electrons. The second-order valence-electron chi connectivity index (χ2n) is 9.98. The van der Waals surface area contributed by atoms with E-state index < -0.39 is 0 Å². The third-order valence-electron chi connectivity index (χ3n) is 6.69. The molecule has 2 aromatic heterocycles. The fourth-order valence-electron chi connectivity index (χ4n) is 4.98. The third-order valence-corrected chi connectivity index (χ3v) is 7.82. The number of halogens is 1. The highest BCUT2D eigenvalue weighted by atomic mass is 35.5. The van der Waals surface area contributed by atoms with Crippen LogP contribution >= 0.6 is 22.9 Å². The highest BCUT2D eigenvalue weighted by Gasteiger charge is 2.35. The van der Waals surface area contributed by atoms with Crippen LogP contribution in [0.2, 0.25) is 5.02 Å². The lowest BCUT2D eigenvalue weighted by Crippen LogP contribution is -2.35. The first-order chi connectivity index (χ1) is 16.7. The van der Waals surface area contributed by atoms with E-state index in [1.165, 1.54) is 11.3 Å². The summed E-state index contributed by atoms with van der Waals surface area (Å²) >= 11 is 7.46. The number of fused-ring (bicyclic) bond motifs is 1. The molecule has 0 bridgehead atoms. The van der Waals surface area contributed by atoms with E-state index >= 15 is 0 Å². The average Bonchev–Trinajstić information content (AvgIpc) is 3.29. The maximum absolute atomic E-state index is 14.2. The fourth-order valence-corrected chi connectivity index (χ4v) is 5.94. The lowest BCUT2D eigenvalue weighted by Gasteiger charge is -2.33. The minimum absolute atomic E-state index is 0.0763. The van der Waals surface area contributed by atoms with Gasteiger partial charge in [0.05, 0.1) is 16.9 Å². The number of aryl methyl sites for hydroxylation is 2. The Morgan fingerprint density at radius 2 is 1.80 bits per heavy atom. The number of para-hydroxylation sites is 1. The van der Waals surface area contributed by atoms with Crippen molar-refractivity contribution in [2.45, 2.75) is 47.0 Å². The van der Waals surface area contributed by atoms with Crippen LogP contribution in [0.4, 0.5) is 0 Å². The smallest absolute Gasteiger partial charge is 0.265 e. The summed E-state index contributed by atoms with van der Waals surface area (Å²) in [5.74, 6) is 0.0763. The van der Waals surface area contributed by atoms with Crippen LogP contribution in [0.5, 0.6) is 0 Å². The lowest BCUT2D eigenvalue weighted by molar-refractivity contribution is 0.0909. The maximum Gasteiger partial charge on any atom is 0.265 e. The number of benzene rings is 2. The molecule has 0 N–H and O–H groups in total. The molecule has 2 heterocycles. The van der Waals surface area contributed by atoms with Gasteiger partial charge < -0.3 is 0 Å². The Morgan fingerprint density at radius 3 is 2.51 bits per heavy atom. The van der Waals surface area contributed by atoms with E-state index in [4.69, 9.17) is 16.6 Å². The van der Waals surface area contributed by atoms with Gasteiger partial charge in [-0.3, -0.25) is 14.2 Å². The molecule has 0 unspecified atom stereocenters. The lowest BCUT2D eigenvalue weighted by atomic mass is 9.75. The Labute approximate surface area is 214 Å². The van der Waals surface area contributed by atoms with Crippen molar-refractivity contribution in [2.75, 3.05) is 0 Å². The Morgan fingerprint density at radius 1 is 1.06 bits per heavy atom. The number of hydrogen-bond donors (Lipinski definition) is 0. The van der Waals surface area contributed by atoms with Crippen molar-refractivity contribution in [3.63, 3.8) is 0 Å². The number of thiazole rings is 1. The molecule has 2 aromatic carbocycles. The summed E-state index contributed by atoms with van der Waals surface area (Å²) in [6.07, 6.45) is 1.91. The molecule has 0 saturated carbocycles. The second-order valence-corrected chi connectivity index (χ2v) is 11.3. The van der Waals surface area contributed by atoms with Gasteiger partial charge in [-0.1, -0.05) is 62.7 Å². The predicted octanol–water partition coefficient (Wildman–Crippen LogP) is 7.31. The molecule has 0 spiro atoms. The first-order valence-corrected chi connectivity index (χ1v) is 13.1. The standard InChI is InChI=1S/C29H27ClN2O2S/c1-5-18-8-6-7-17(2)26(18)32-24-14-29(3,4)15-25(33)21(24)13-22(28(32)34)27-31-23(16-35-27)19-9-11-20(30)12-10-19/h6-13,16H,5,14-15H2,1-4H3. The Balaban J connectivity index is 1.78. The number of Topliss-reactive ketones (excluding diaryl/α,β-unsaturated/α-hetero) is 1. The van der Waals surface area contributed by atoms with E-state index in [9.17, 15) is 9.59 Å². The molecule has 4 nitrogen and oxygen atoms in total. The maximum atomic E-state index is 14.2. The number of pyridine rings is 1. The van der Waals surface area contributed by atoms with E-state index in [2.05, 4.69) is 26.8 Å². The van der Waals surface area contributed by atoms with Crippen molar-refractivity contribution in [1.29, 1.82) is 0 Å². The summed E-state index contributed by atoms with van der Waals surface area (Å²) in [5.41, 5.74) is 6.26. The van der Waals surface area contributed by atoms with Crippen molar-refractivity contribution in [3.8, 4) is 27.5 Å². The Hall–Kier alpha value is -3.02. The topological polar surface area (TPSA) is 52.0 Å². The number of rotatable bonds is 4. The van der Waals surface area contributed by atoms with E-state index in [0.29, 0.717) is 34.0 Å². The highest BCUT2D eigenvalue weighted by Crippen LogP contribution is 2.38. The van der Waals surface area contributed by atoms with Crippen LogP contribution in [0.1, 0.15) is 54.4 Å². The van der Waals surface area contributed by atoms with E-state index in [-0.39, 0.29) is 16.8 Å². The van der Waals surface area contributed by atoms with E-state index in [0.717, 1.165) is 40.2 Å². The molecule has 0 fully saturated rings. The van der Waals surface area contributed by atoms with Crippen molar-refractivity contribution in [3.05, 3.63) is 91.7 Å². The first-order valence-electron chi connectivity index (χ1n) is 11.8. The average molecular weight is 503 g/mol. The van der Waals surface area contributed by atoms with Gasteiger partial charge in [0.2, 0.25) is 0 Å². The van der Waals surface area contributed by atoms with Crippen LogP contribution in [-0.2, 0) is 12.8 Å². The van der Waals surface area contributed by atoms with Gasteiger partial charge in [-0.25, -0.2) is 4.98 Å². The second kappa shape index (κ2) is 8.89. The fraction of sp³-hybridized carbons (Fsp3) is 0.276. The normalized spacial score (nSPS) is 14.7. The minimum Gasteiger partial charge on any atom is -0.294 e. The first kappa shape index (κ1) is 23.7. The molecule has 178 valence electrons. The zero-order chi connectivity index (χ0) is 24.9. The van der Waals surface area contributed by atoms with Crippen LogP contribution in [0.25, 0.3) is 27.5 Å². The summed E-state index contributed by atoms with van der Waals surface area (Å²) in [5, 5.41) is 3.21. The predicted molar refractivity (Wildman–Crippen MR) is 144 cm³/mol. The van der Waals surface area contributed by atoms with Crippen LogP contribution in [0.3, 0.4) is 0 Å². The summed E-state index contributed by atoms with van der Waals surface area (Å²) < 4.78 is 1.81. The Bertz CT molecular complexity index is 1510. The van der Waals surface area contributed by atoms with Gasteiger partial charge in [-0.2, -0.15) is 0 Å². The minimum atomic E-state index is -0.211. The summed E-state index contributed by atoms with van der Waals surface area (Å²) in [7, 11) is 0. The third kappa shape index (κ3) is 4.28. The zero-order valence-corrected chi connectivity index (χ0v) is 21.9. The molecular formula is C29H27ClN2O2S. The van der Waals surface area contributed by atoms with Gasteiger partial charge in [-0.15, -0.1) is 11.3 Å². The monoisotopic (exact) mass is 502 g/mol. The number of ketones is 1. The molecule has 0 aliphatic heterocycles. The van der Waals surface area contributed by atoms with Gasteiger partial charge >= 0.3 is 0 Å². The van der Waals surface area contributed by atoms with Gasteiger partial charge in [0.1, 0.15) is 5.01 Å². The number of nitrogens with zero attached hydrogens (tertiary/aromatic N) is 2. The number of hydrogen-bond acceptors (Lipinski definition) is 4. The molecule has 6 heteroatoms. The molecular weight excluding hydrogens is 476 g/mol. The van der Waals surface area contributed by atoms with Gasteiger partial charge in [0.25, 0.3) is 5.56 Å². The Kier molecular flexibility index (Phi) is 6.02. The van der Waals surface area contributed by atoms with Crippen molar-refractivity contribution in [1.82, 2.24) is 9.55 Å². The molecule has 35 heavy (non-hydrogen) atoms. The molecule has 4 aromatic rings.